The fourth-order valence-electron chi connectivity index (χ4n) is 1.06. The van der Waals surface area contributed by atoms with Gasteiger partial charge in [-0.25, -0.2) is 4.79 Å². The van der Waals surface area contributed by atoms with Gasteiger partial charge in [-0.3, -0.25) is 0 Å². The van der Waals surface area contributed by atoms with Crippen molar-refractivity contribution in [3.05, 3.63) is 0 Å². The molecule has 0 aromatic heterocycles. The third-order valence-electron chi connectivity index (χ3n) is 1.87. The predicted molar refractivity (Wildman–Crippen MR) is 47.0 cm³/mol. The number of carboxylic acids is 1. The van der Waals surface area contributed by atoms with E-state index in [2.05, 4.69) is 6.92 Å². The maximum absolute atomic E-state index is 10.2. The van der Waals surface area contributed by atoms with Crippen LogP contribution in [0.1, 0.15) is 45.4 Å². The molecule has 0 fully saturated rings. The lowest BCUT2D eigenvalue weighted by molar-refractivity contribution is -0.146. The van der Waals surface area contributed by atoms with Crippen LogP contribution in [-0.2, 0) is 4.79 Å². The van der Waals surface area contributed by atoms with E-state index in [0.717, 1.165) is 19.3 Å². The monoisotopic (exact) mass is 174 g/mol. The number of hydrogen-bond donors (Lipinski definition) is 2. The van der Waals surface area contributed by atoms with Crippen LogP contribution in [0, 0.1) is 0 Å². The summed E-state index contributed by atoms with van der Waals surface area (Å²) in [7, 11) is 0. The number of carboxylic acid groups (broad SMARTS) is 1. The molecule has 3 heteroatoms. The quantitative estimate of drug-likeness (QED) is 0.578. The zero-order valence-corrected chi connectivity index (χ0v) is 7.62. The Labute approximate surface area is 73.4 Å². The van der Waals surface area contributed by atoms with Crippen molar-refractivity contribution in [1.29, 1.82) is 0 Å². The molecule has 0 aromatic rings. The summed E-state index contributed by atoms with van der Waals surface area (Å²) in [5.41, 5.74) is 0. The molecule has 0 heterocycles. The first-order valence-corrected chi connectivity index (χ1v) is 4.59. The van der Waals surface area contributed by atoms with E-state index in [9.17, 15) is 4.79 Å². The van der Waals surface area contributed by atoms with Crippen molar-refractivity contribution in [2.75, 3.05) is 0 Å². The average molecular weight is 174 g/mol. The molecule has 0 unspecified atom stereocenters. The number of carbonyl (C=O) groups is 1. The Morgan fingerprint density at radius 3 is 2.33 bits per heavy atom. The van der Waals surface area contributed by atoms with Crippen LogP contribution in [-0.4, -0.2) is 22.3 Å². The molecule has 0 bridgehead atoms. The minimum atomic E-state index is -1.16. The molecular weight excluding hydrogens is 156 g/mol. The van der Waals surface area contributed by atoms with Crippen molar-refractivity contribution in [3.63, 3.8) is 0 Å². The summed E-state index contributed by atoms with van der Waals surface area (Å²) in [6.45, 7) is 2.13. The summed E-state index contributed by atoms with van der Waals surface area (Å²) >= 11 is 0. The Balaban J connectivity index is 3.14. The minimum absolute atomic E-state index is 0.388. The van der Waals surface area contributed by atoms with Gasteiger partial charge in [0.15, 0.2) is 6.10 Å². The normalized spacial score (nSPS) is 12.8. The van der Waals surface area contributed by atoms with E-state index in [1.807, 2.05) is 0 Å². The van der Waals surface area contributed by atoms with Crippen molar-refractivity contribution in [1.82, 2.24) is 0 Å². The molecule has 1 atom stereocenters. The second-order valence-electron chi connectivity index (χ2n) is 3.06. The summed E-state index contributed by atoms with van der Waals surface area (Å²) in [5.74, 6) is -1.11. The van der Waals surface area contributed by atoms with Crippen molar-refractivity contribution < 1.29 is 15.0 Å². The maximum atomic E-state index is 10.2. The lowest BCUT2D eigenvalue weighted by Crippen LogP contribution is -2.18. The molecule has 0 rings (SSSR count). The second kappa shape index (κ2) is 7.10. The summed E-state index contributed by atoms with van der Waals surface area (Å²) in [4.78, 5) is 10.2. The Morgan fingerprint density at radius 1 is 1.25 bits per heavy atom. The molecule has 3 nitrogen and oxygen atoms in total. The van der Waals surface area contributed by atoms with E-state index in [1.165, 1.54) is 12.8 Å². The summed E-state index contributed by atoms with van der Waals surface area (Å²) in [5, 5.41) is 17.2. The molecule has 0 amide bonds. The van der Waals surface area contributed by atoms with Gasteiger partial charge in [-0.05, 0) is 6.42 Å². The molecular formula is C9H18O3. The second-order valence-corrected chi connectivity index (χ2v) is 3.06. The number of unbranched alkanes of at least 4 members (excludes halogenated alkanes) is 4. The van der Waals surface area contributed by atoms with E-state index in [0.29, 0.717) is 6.42 Å². The number of hydrogen-bond acceptors (Lipinski definition) is 2. The highest BCUT2D eigenvalue weighted by Crippen LogP contribution is 2.06. The van der Waals surface area contributed by atoms with Gasteiger partial charge in [0.2, 0.25) is 0 Å². The largest absolute Gasteiger partial charge is 0.479 e. The Morgan fingerprint density at radius 2 is 1.83 bits per heavy atom. The third-order valence-corrected chi connectivity index (χ3v) is 1.87. The van der Waals surface area contributed by atoms with Crippen LogP contribution >= 0.6 is 0 Å². The predicted octanol–water partition coefficient (Wildman–Crippen LogP) is 1.79. The van der Waals surface area contributed by atoms with Crippen LogP contribution in [0.3, 0.4) is 0 Å². The van der Waals surface area contributed by atoms with Crippen molar-refractivity contribution in [3.8, 4) is 0 Å². The third kappa shape index (κ3) is 6.16. The van der Waals surface area contributed by atoms with Crippen LogP contribution < -0.4 is 0 Å². The van der Waals surface area contributed by atoms with Crippen molar-refractivity contribution >= 4 is 5.97 Å². The highest BCUT2D eigenvalue weighted by molar-refractivity contribution is 5.71. The van der Waals surface area contributed by atoms with Gasteiger partial charge in [-0.1, -0.05) is 39.0 Å². The molecule has 0 saturated carbocycles. The van der Waals surface area contributed by atoms with Gasteiger partial charge in [-0.2, -0.15) is 0 Å². The van der Waals surface area contributed by atoms with Crippen LogP contribution in [0.4, 0.5) is 0 Å². The number of aliphatic hydroxyl groups is 1. The van der Waals surface area contributed by atoms with Gasteiger partial charge in [0.25, 0.3) is 0 Å². The lowest BCUT2D eigenvalue weighted by Gasteiger charge is -2.03. The van der Waals surface area contributed by atoms with Crippen LogP contribution in [0.5, 0.6) is 0 Å². The zero-order chi connectivity index (χ0) is 9.40. The van der Waals surface area contributed by atoms with Gasteiger partial charge in [0.1, 0.15) is 0 Å². The fourth-order valence-corrected chi connectivity index (χ4v) is 1.06. The van der Waals surface area contributed by atoms with E-state index >= 15 is 0 Å². The lowest BCUT2D eigenvalue weighted by atomic mass is 10.1. The molecule has 0 radical (unpaired) electrons. The first-order chi connectivity index (χ1) is 5.68. The van der Waals surface area contributed by atoms with Crippen LogP contribution in [0.25, 0.3) is 0 Å². The molecule has 0 aromatic carbocycles. The summed E-state index contributed by atoms with van der Waals surface area (Å²) < 4.78 is 0. The van der Waals surface area contributed by atoms with Gasteiger partial charge in [0.05, 0.1) is 0 Å². The highest BCUT2D eigenvalue weighted by Gasteiger charge is 2.11. The molecule has 2 N–H and O–H groups in total. The van der Waals surface area contributed by atoms with Crippen molar-refractivity contribution in [2.24, 2.45) is 0 Å². The molecule has 0 aliphatic rings. The molecule has 0 aliphatic carbocycles. The molecule has 0 spiro atoms. The Bertz CT molecular complexity index is 123. The van der Waals surface area contributed by atoms with Crippen LogP contribution in [0.2, 0.25) is 0 Å². The molecule has 72 valence electrons. The smallest absolute Gasteiger partial charge is 0.332 e. The van der Waals surface area contributed by atoms with Gasteiger partial charge >= 0.3 is 5.97 Å². The maximum Gasteiger partial charge on any atom is 0.332 e. The summed E-state index contributed by atoms with van der Waals surface area (Å²) in [6.07, 6.45) is 4.59. The molecule has 12 heavy (non-hydrogen) atoms. The highest BCUT2D eigenvalue weighted by atomic mass is 16.4. The molecule has 0 aliphatic heterocycles. The SMILES string of the molecule is CCCCCCC[C@H](O)C(=O)O. The van der Waals surface area contributed by atoms with Crippen LogP contribution in [0.15, 0.2) is 0 Å². The van der Waals surface area contributed by atoms with Gasteiger partial charge in [-0.15, -0.1) is 0 Å². The van der Waals surface area contributed by atoms with E-state index < -0.39 is 12.1 Å². The Hall–Kier alpha value is -0.570. The standard InChI is InChI=1S/C9H18O3/c1-2-3-4-5-6-7-8(10)9(11)12/h8,10H,2-7H2,1H3,(H,11,12)/t8-/m0/s1. The molecule has 0 saturated heterocycles. The summed E-state index contributed by atoms with van der Waals surface area (Å²) in [6, 6.07) is 0. The van der Waals surface area contributed by atoms with E-state index in [1.54, 1.807) is 0 Å². The average Bonchev–Trinajstić information content (AvgIpc) is 2.03. The Kier molecular flexibility index (Phi) is 6.76. The fraction of sp³-hybridized carbons (Fsp3) is 0.889. The zero-order valence-electron chi connectivity index (χ0n) is 7.62. The van der Waals surface area contributed by atoms with E-state index in [4.69, 9.17) is 10.2 Å². The van der Waals surface area contributed by atoms with E-state index in [-0.39, 0.29) is 0 Å². The van der Waals surface area contributed by atoms with Crippen molar-refractivity contribution in [2.45, 2.75) is 51.6 Å². The first-order valence-electron chi connectivity index (χ1n) is 4.59. The first kappa shape index (κ1) is 11.4. The van der Waals surface area contributed by atoms with Gasteiger partial charge < -0.3 is 10.2 Å². The van der Waals surface area contributed by atoms with Gasteiger partial charge in [0, 0.05) is 0 Å². The topological polar surface area (TPSA) is 57.5 Å². The minimum Gasteiger partial charge on any atom is -0.479 e. The number of aliphatic carboxylic acids is 1. The number of aliphatic hydroxyl groups excluding tert-OH is 1. The number of rotatable bonds is 7.